The second kappa shape index (κ2) is 8.52. The molecule has 1 aliphatic heterocycles. The van der Waals surface area contributed by atoms with Crippen LogP contribution < -0.4 is 10.1 Å². The lowest BCUT2D eigenvalue weighted by atomic mass is 10.1. The van der Waals surface area contributed by atoms with Crippen LogP contribution >= 0.6 is 11.3 Å². The summed E-state index contributed by atoms with van der Waals surface area (Å²) in [6.45, 7) is 6.55. The molecule has 4 aromatic rings. The number of hydrogen-bond acceptors (Lipinski definition) is 9. The van der Waals surface area contributed by atoms with Crippen molar-refractivity contribution in [1.29, 1.82) is 0 Å². The van der Waals surface area contributed by atoms with Gasteiger partial charge in [-0.1, -0.05) is 0 Å². The number of thiazole rings is 1. The molecule has 1 fully saturated rings. The van der Waals surface area contributed by atoms with E-state index in [1.807, 2.05) is 31.3 Å². The summed E-state index contributed by atoms with van der Waals surface area (Å²) in [6.07, 6.45) is 3.44. The Hall–Kier alpha value is -3.17. The third-order valence-corrected chi connectivity index (χ3v) is 6.01. The molecule has 0 aliphatic carbocycles. The van der Waals surface area contributed by atoms with Gasteiger partial charge >= 0.3 is 0 Å². The quantitative estimate of drug-likeness (QED) is 0.469. The molecule has 0 bridgehead atoms. The number of ether oxygens (including phenoxy) is 2. The van der Waals surface area contributed by atoms with Gasteiger partial charge in [0, 0.05) is 27.9 Å². The second-order valence-electron chi connectivity index (χ2n) is 7.60. The van der Waals surface area contributed by atoms with Crippen LogP contribution in [0.25, 0.3) is 21.5 Å². The fraction of sp³-hybridized carbons (Fsp3) is 0.318. The van der Waals surface area contributed by atoms with E-state index in [0.29, 0.717) is 19.1 Å². The molecule has 9 heteroatoms. The highest BCUT2D eigenvalue weighted by molar-refractivity contribution is 7.14. The zero-order valence-corrected chi connectivity index (χ0v) is 18.1. The molecular formula is C22H22N6O2S. The molecule has 158 valence electrons. The summed E-state index contributed by atoms with van der Waals surface area (Å²) < 4.78 is 11.5. The van der Waals surface area contributed by atoms with Crippen molar-refractivity contribution in [2.45, 2.75) is 20.4 Å². The van der Waals surface area contributed by atoms with Crippen LogP contribution in [0.4, 0.5) is 5.82 Å². The Morgan fingerprint density at radius 2 is 2.03 bits per heavy atom. The van der Waals surface area contributed by atoms with Gasteiger partial charge < -0.3 is 14.8 Å². The number of fused-ring (bicyclic) bond motifs is 1. The summed E-state index contributed by atoms with van der Waals surface area (Å²) in [5, 5.41) is 13.5. The smallest absolute Gasteiger partial charge is 0.146 e. The van der Waals surface area contributed by atoms with Crippen LogP contribution in [0.2, 0.25) is 0 Å². The minimum Gasteiger partial charge on any atom is -0.491 e. The minimum absolute atomic E-state index is 0.417. The zero-order valence-electron chi connectivity index (χ0n) is 17.3. The van der Waals surface area contributed by atoms with E-state index in [1.54, 1.807) is 17.7 Å². The Kier molecular flexibility index (Phi) is 5.44. The summed E-state index contributed by atoms with van der Waals surface area (Å²) in [4.78, 5) is 14.7. The Morgan fingerprint density at radius 1 is 1.13 bits per heavy atom. The Morgan fingerprint density at radius 3 is 2.74 bits per heavy atom. The molecule has 8 nitrogen and oxygen atoms in total. The van der Waals surface area contributed by atoms with Crippen LogP contribution in [0.15, 0.2) is 36.8 Å². The van der Waals surface area contributed by atoms with E-state index in [-0.39, 0.29) is 0 Å². The van der Waals surface area contributed by atoms with Crippen molar-refractivity contribution in [3.63, 3.8) is 0 Å². The van der Waals surface area contributed by atoms with E-state index in [2.05, 4.69) is 43.5 Å². The highest BCUT2D eigenvalue weighted by atomic mass is 32.1. The average molecular weight is 435 g/mol. The van der Waals surface area contributed by atoms with E-state index in [4.69, 9.17) is 9.47 Å². The topological polar surface area (TPSA) is 94.9 Å². The van der Waals surface area contributed by atoms with Gasteiger partial charge in [0.25, 0.3) is 0 Å². The second-order valence-corrected chi connectivity index (χ2v) is 8.84. The molecule has 1 aromatic carbocycles. The van der Waals surface area contributed by atoms with Crippen LogP contribution in [-0.2, 0) is 11.3 Å². The number of benzene rings is 1. The van der Waals surface area contributed by atoms with Crippen molar-refractivity contribution in [3.05, 3.63) is 53.1 Å². The predicted octanol–water partition coefficient (Wildman–Crippen LogP) is 3.80. The first-order valence-electron chi connectivity index (χ1n) is 10.1. The maximum absolute atomic E-state index is 6.18. The van der Waals surface area contributed by atoms with E-state index < -0.39 is 0 Å². The standard InChI is InChI=1S/C22H22N6O2S/c1-13-3-4-17(28-27-13)8-23-21-18-5-16(22-24-7-14(2)31-22)6-19(20(18)25-12-26-21)30-11-15-9-29-10-15/h3-7,12,15H,8-11H2,1-2H3,(H,23,25,26). The SMILES string of the molecule is Cc1ccc(CNc2ncnc3c(OCC4COC4)cc(-c4ncc(C)s4)cc23)nn1. The van der Waals surface area contributed by atoms with Crippen LogP contribution in [-0.4, -0.2) is 45.0 Å². The molecule has 1 aliphatic rings. The monoisotopic (exact) mass is 434 g/mol. The highest BCUT2D eigenvalue weighted by Crippen LogP contribution is 2.36. The van der Waals surface area contributed by atoms with Crippen LogP contribution in [0.3, 0.4) is 0 Å². The van der Waals surface area contributed by atoms with Crippen LogP contribution in [0, 0.1) is 19.8 Å². The fourth-order valence-corrected chi connectivity index (χ4v) is 4.03. The van der Waals surface area contributed by atoms with Crippen LogP contribution in [0.5, 0.6) is 5.75 Å². The lowest BCUT2D eigenvalue weighted by Gasteiger charge is -2.26. The number of nitrogens with zero attached hydrogens (tertiary/aromatic N) is 5. The molecular weight excluding hydrogens is 412 g/mol. The fourth-order valence-electron chi connectivity index (χ4n) is 3.28. The highest BCUT2D eigenvalue weighted by Gasteiger charge is 2.21. The summed E-state index contributed by atoms with van der Waals surface area (Å²) in [7, 11) is 0. The summed E-state index contributed by atoms with van der Waals surface area (Å²) in [5.74, 6) is 1.87. The molecule has 4 heterocycles. The third kappa shape index (κ3) is 4.33. The van der Waals surface area contributed by atoms with Crippen molar-refractivity contribution in [1.82, 2.24) is 25.1 Å². The first-order chi connectivity index (χ1) is 15.2. The summed E-state index contributed by atoms with van der Waals surface area (Å²) in [6, 6.07) is 7.98. The van der Waals surface area contributed by atoms with Gasteiger partial charge in [0.1, 0.15) is 28.4 Å². The number of hydrogen-bond donors (Lipinski definition) is 1. The van der Waals surface area contributed by atoms with Crippen molar-refractivity contribution >= 4 is 28.1 Å². The first kappa shape index (κ1) is 19.8. The maximum Gasteiger partial charge on any atom is 0.146 e. The Labute approximate surface area is 183 Å². The zero-order chi connectivity index (χ0) is 21.2. The van der Waals surface area contributed by atoms with Crippen molar-refractivity contribution in [3.8, 4) is 16.3 Å². The molecule has 0 atom stereocenters. The predicted molar refractivity (Wildman–Crippen MR) is 119 cm³/mol. The largest absolute Gasteiger partial charge is 0.491 e. The van der Waals surface area contributed by atoms with E-state index in [9.17, 15) is 0 Å². The molecule has 3 aromatic heterocycles. The number of aryl methyl sites for hydroxylation is 2. The number of anilines is 1. The van der Waals surface area contributed by atoms with Gasteiger partial charge in [-0.3, -0.25) is 0 Å². The Bertz CT molecular complexity index is 1210. The van der Waals surface area contributed by atoms with Gasteiger partial charge in [-0.25, -0.2) is 15.0 Å². The summed E-state index contributed by atoms with van der Waals surface area (Å²) in [5.41, 5.74) is 3.48. The van der Waals surface area contributed by atoms with Gasteiger partial charge in [-0.2, -0.15) is 10.2 Å². The molecule has 0 unspecified atom stereocenters. The van der Waals surface area contributed by atoms with Gasteiger partial charge in [0.2, 0.25) is 0 Å². The molecule has 1 saturated heterocycles. The third-order valence-electron chi connectivity index (χ3n) is 5.04. The lowest BCUT2D eigenvalue weighted by molar-refractivity contribution is -0.0506. The van der Waals surface area contributed by atoms with Gasteiger partial charge in [-0.05, 0) is 38.1 Å². The van der Waals surface area contributed by atoms with E-state index >= 15 is 0 Å². The van der Waals surface area contributed by atoms with Crippen LogP contribution in [0.1, 0.15) is 16.3 Å². The van der Waals surface area contributed by atoms with E-state index in [0.717, 1.165) is 62.5 Å². The normalized spacial score (nSPS) is 13.9. The molecule has 0 amide bonds. The lowest BCUT2D eigenvalue weighted by Crippen LogP contribution is -2.32. The molecule has 0 spiro atoms. The summed E-state index contributed by atoms with van der Waals surface area (Å²) >= 11 is 1.65. The maximum atomic E-state index is 6.18. The van der Waals surface area contributed by atoms with Crippen molar-refractivity contribution in [2.75, 3.05) is 25.1 Å². The minimum atomic E-state index is 0.417. The molecule has 31 heavy (non-hydrogen) atoms. The Balaban J connectivity index is 1.51. The molecule has 0 radical (unpaired) electrons. The van der Waals surface area contributed by atoms with Gasteiger partial charge in [-0.15, -0.1) is 11.3 Å². The van der Waals surface area contributed by atoms with Gasteiger partial charge in [0.05, 0.1) is 37.8 Å². The number of aromatic nitrogens is 5. The van der Waals surface area contributed by atoms with Gasteiger partial charge in [0.15, 0.2) is 0 Å². The van der Waals surface area contributed by atoms with Crippen molar-refractivity contribution in [2.24, 2.45) is 5.92 Å². The molecule has 1 N–H and O–H groups in total. The first-order valence-corrected chi connectivity index (χ1v) is 10.9. The average Bonchev–Trinajstić information content (AvgIpc) is 3.18. The van der Waals surface area contributed by atoms with Crippen molar-refractivity contribution < 1.29 is 9.47 Å². The van der Waals surface area contributed by atoms with E-state index in [1.165, 1.54) is 0 Å². The molecule has 5 rings (SSSR count). The molecule has 0 saturated carbocycles. The number of rotatable bonds is 7. The number of nitrogens with one attached hydrogen (secondary N) is 1.